The predicted molar refractivity (Wildman–Crippen MR) is 86.7 cm³/mol. The molecule has 7 heteroatoms. The summed E-state index contributed by atoms with van der Waals surface area (Å²) in [7, 11) is 1.30. The summed E-state index contributed by atoms with van der Waals surface area (Å²) in [6.45, 7) is -1.19. The number of amides is 1. The van der Waals surface area contributed by atoms with Gasteiger partial charge in [0, 0.05) is 5.56 Å². The van der Waals surface area contributed by atoms with Gasteiger partial charge >= 0.3 is 6.61 Å². The topological polar surface area (TPSA) is 71.3 Å². The molecule has 25 heavy (non-hydrogen) atoms. The summed E-state index contributed by atoms with van der Waals surface area (Å²) in [5, 5.41) is 11.6. The molecule has 0 fully saturated rings. The van der Waals surface area contributed by atoms with Crippen molar-refractivity contribution in [3.05, 3.63) is 59.2 Å². The molecule has 2 aromatic rings. The SMILES string of the molecule is COc1cc(C(=O)NC(C)c2ccc(C#N)cc2)ccc1OC(F)F. The summed E-state index contributed by atoms with van der Waals surface area (Å²) in [6, 6.07) is 12.5. The van der Waals surface area contributed by atoms with Crippen LogP contribution in [-0.4, -0.2) is 19.6 Å². The van der Waals surface area contributed by atoms with Crippen molar-refractivity contribution in [1.29, 1.82) is 5.26 Å². The van der Waals surface area contributed by atoms with Crippen LogP contribution in [0.25, 0.3) is 0 Å². The zero-order valence-corrected chi connectivity index (χ0v) is 13.6. The highest BCUT2D eigenvalue weighted by molar-refractivity contribution is 5.95. The van der Waals surface area contributed by atoms with Gasteiger partial charge in [-0.25, -0.2) is 0 Å². The van der Waals surface area contributed by atoms with E-state index in [2.05, 4.69) is 10.1 Å². The summed E-state index contributed by atoms with van der Waals surface area (Å²) in [5.74, 6) is -0.494. The van der Waals surface area contributed by atoms with E-state index in [-0.39, 0.29) is 23.1 Å². The molecule has 0 bridgehead atoms. The molecule has 1 unspecified atom stereocenters. The number of rotatable bonds is 6. The Balaban J connectivity index is 2.12. The smallest absolute Gasteiger partial charge is 0.387 e. The molecule has 2 rings (SSSR count). The molecule has 0 spiro atoms. The number of hydrogen-bond donors (Lipinski definition) is 1. The Morgan fingerprint density at radius 3 is 2.40 bits per heavy atom. The number of methoxy groups -OCH3 is 1. The van der Waals surface area contributed by atoms with E-state index in [0.29, 0.717) is 5.56 Å². The number of halogens is 2. The fourth-order valence-electron chi connectivity index (χ4n) is 2.21. The summed E-state index contributed by atoms with van der Waals surface area (Å²) in [4.78, 5) is 12.3. The number of carbonyl (C=O) groups excluding carboxylic acids is 1. The van der Waals surface area contributed by atoms with E-state index in [1.54, 1.807) is 31.2 Å². The van der Waals surface area contributed by atoms with Gasteiger partial charge in [0.05, 0.1) is 24.8 Å². The first-order valence-electron chi connectivity index (χ1n) is 7.38. The Bertz CT molecular complexity index is 786. The summed E-state index contributed by atoms with van der Waals surface area (Å²) in [6.07, 6.45) is 0. The van der Waals surface area contributed by atoms with Crippen molar-refractivity contribution in [2.45, 2.75) is 19.6 Å². The minimum atomic E-state index is -2.98. The largest absolute Gasteiger partial charge is 0.493 e. The van der Waals surface area contributed by atoms with E-state index in [0.717, 1.165) is 5.56 Å². The van der Waals surface area contributed by atoms with Crippen molar-refractivity contribution in [2.24, 2.45) is 0 Å². The van der Waals surface area contributed by atoms with Crippen molar-refractivity contribution >= 4 is 5.91 Å². The molecule has 0 aliphatic carbocycles. The second kappa shape index (κ2) is 8.11. The number of nitrogens with zero attached hydrogens (tertiary/aromatic N) is 1. The maximum atomic E-state index is 12.3. The Morgan fingerprint density at radius 1 is 1.16 bits per heavy atom. The highest BCUT2D eigenvalue weighted by atomic mass is 19.3. The third-order valence-corrected chi connectivity index (χ3v) is 3.53. The minimum absolute atomic E-state index is 0.0407. The first-order chi connectivity index (χ1) is 11.9. The Hall–Kier alpha value is -3.14. The quantitative estimate of drug-likeness (QED) is 0.866. The van der Waals surface area contributed by atoms with Gasteiger partial charge in [-0.2, -0.15) is 14.0 Å². The lowest BCUT2D eigenvalue weighted by Crippen LogP contribution is -2.26. The van der Waals surface area contributed by atoms with Crippen LogP contribution in [0.1, 0.15) is 34.5 Å². The third-order valence-electron chi connectivity index (χ3n) is 3.53. The van der Waals surface area contributed by atoms with Gasteiger partial charge in [0.2, 0.25) is 0 Å². The Labute approximate surface area is 143 Å². The van der Waals surface area contributed by atoms with E-state index < -0.39 is 12.5 Å². The average Bonchev–Trinajstić information content (AvgIpc) is 2.61. The van der Waals surface area contributed by atoms with Crippen LogP contribution in [-0.2, 0) is 0 Å². The third kappa shape index (κ3) is 4.67. The van der Waals surface area contributed by atoms with Crippen LogP contribution in [0.4, 0.5) is 8.78 Å². The van der Waals surface area contributed by atoms with E-state index in [4.69, 9.17) is 10.00 Å². The Morgan fingerprint density at radius 2 is 1.84 bits per heavy atom. The van der Waals surface area contributed by atoms with Crippen LogP contribution >= 0.6 is 0 Å². The van der Waals surface area contributed by atoms with Crippen LogP contribution < -0.4 is 14.8 Å². The van der Waals surface area contributed by atoms with Crippen LogP contribution in [0.15, 0.2) is 42.5 Å². The van der Waals surface area contributed by atoms with Crippen LogP contribution in [0, 0.1) is 11.3 Å². The normalized spacial score (nSPS) is 11.5. The molecule has 1 atom stereocenters. The zero-order valence-electron chi connectivity index (χ0n) is 13.6. The molecule has 0 aliphatic rings. The molecule has 130 valence electrons. The van der Waals surface area contributed by atoms with Crippen molar-refractivity contribution in [2.75, 3.05) is 7.11 Å². The van der Waals surface area contributed by atoms with Gasteiger partial charge in [-0.05, 0) is 42.8 Å². The van der Waals surface area contributed by atoms with Crippen molar-refractivity contribution in [3.63, 3.8) is 0 Å². The van der Waals surface area contributed by atoms with Crippen molar-refractivity contribution < 1.29 is 23.0 Å². The molecule has 2 aromatic carbocycles. The molecular weight excluding hydrogens is 330 g/mol. The number of benzene rings is 2. The fraction of sp³-hybridized carbons (Fsp3) is 0.222. The number of nitrogens with one attached hydrogen (secondary N) is 1. The minimum Gasteiger partial charge on any atom is -0.493 e. The lowest BCUT2D eigenvalue weighted by Gasteiger charge is -2.16. The van der Waals surface area contributed by atoms with Gasteiger partial charge in [-0.15, -0.1) is 0 Å². The molecule has 1 N–H and O–H groups in total. The highest BCUT2D eigenvalue weighted by Gasteiger charge is 2.16. The van der Waals surface area contributed by atoms with Gasteiger partial charge in [-0.3, -0.25) is 4.79 Å². The lowest BCUT2D eigenvalue weighted by atomic mass is 10.1. The number of alkyl halides is 2. The number of ether oxygens (including phenoxy) is 2. The Kier molecular flexibility index (Phi) is 5.90. The lowest BCUT2D eigenvalue weighted by molar-refractivity contribution is -0.0512. The maximum Gasteiger partial charge on any atom is 0.387 e. The first-order valence-corrected chi connectivity index (χ1v) is 7.38. The fourth-order valence-corrected chi connectivity index (χ4v) is 2.21. The monoisotopic (exact) mass is 346 g/mol. The summed E-state index contributed by atoms with van der Waals surface area (Å²) in [5.41, 5.74) is 1.61. The molecule has 1 amide bonds. The molecule has 0 saturated heterocycles. The molecule has 0 radical (unpaired) electrons. The molecular formula is C18H16F2N2O3. The summed E-state index contributed by atoms with van der Waals surface area (Å²) >= 11 is 0. The van der Waals surface area contributed by atoms with E-state index in [1.165, 1.54) is 25.3 Å². The van der Waals surface area contributed by atoms with Crippen molar-refractivity contribution in [3.8, 4) is 17.6 Å². The van der Waals surface area contributed by atoms with Gasteiger partial charge in [0.1, 0.15) is 0 Å². The van der Waals surface area contributed by atoms with Crippen molar-refractivity contribution in [1.82, 2.24) is 5.32 Å². The van der Waals surface area contributed by atoms with E-state index in [1.807, 2.05) is 6.07 Å². The molecule has 0 aliphatic heterocycles. The number of carbonyl (C=O) groups is 1. The van der Waals surface area contributed by atoms with Gasteiger partial charge in [-0.1, -0.05) is 12.1 Å². The molecule has 5 nitrogen and oxygen atoms in total. The molecule has 0 saturated carbocycles. The van der Waals surface area contributed by atoms with Gasteiger partial charge in [0.15, 0.2) is 11.5 Å². The molecule has 0 aromatic heterocycles. The average molecular weight is 346 g/mol. The predicted octanol–water partition coefficient (Wildman–Crippen LogP) is 3.66. The molecule has 0 heterocycles. The van der Waals surface area contributed by atoms with Crippen LogP contribution in [0.2, 0.25) is 0 Å². The zero-order chi connectivity index (χ0) is 18.4. The van der Waals surface area contributed by atoms with Crippen LogP contribution in [0.5, 0.6) is 11.5 Å². The second-order valence-corrected chi connectivity index (χ2v) is 5.17. The van der Waals surface area contributed by atoms with Crippen LogP contribution in [0.3, 0.4) is 0 Å². The number of nitriles is 1. The maximum absolute atomic E-state index is 12.3. The van der Waals surface area contributed by atoms with Gasteiger partial charge in [0.25, 0.3) is 5.91 Å². The van der Waals surface area contributed by atoms with E-state index in [9.17, 15) is 13.6 Å². The first kappa shape index (κ1) is 18.2. The van der Waals surface area contributed by atoms with Gasteiger partial charge < -0.3 is 14.8 Å². The highest BCUT2D eigenvalue weighted by Crippen LogP contribution is 2.29. The summed E-state index contributed by atoms with van der Waals surface area (Å²) < 4.78 is 34.0. The standard InChI is InChI=1S/C18H16F2N2O3/c1-11(13-5-3-12(10-21)4-6-13)22-17(23)14-7-8-15(25-18(19)20)16(9-14)24-2/h3-9,11,18H,1-2H3,(H,22,23). The van der Waals surface area contributed by atoms with E-state index >= 15 is 0 Å². The number of hydrogen-bond acceptors (Lipinski definition) is 4. The second-order valence-electron chi connectivity index (χ2n) is 5.17.